The predicted octanol–water partition coefficient (Wildman–Crippen LogP) is 5.06. The van der Waals surface area contributed by atoms with Gasteiger partial charge in [0.1, 0.15) is 0 Å². The first-order valence-electron chi connectivity index (χ1n) is 12.0. The number of benzene rings is 1. The summed E-state index contributed by atoms with van der Waals surface area (Å²) in [6, 6.07) is 8.24. The minimum absolute atomic E-state index is 0.185. The first-order chi connectivity index (χ1) is 15.8. The van der Waals surface area contributed by atoms with Gasteiger partial charge >= 0.3 is 11.9 Å². The highest BCUT2D eigenvalue weighted by Crippen LogP contribution is 2.44. The molecule has 0 radical (unpaired) electrons. The fraction of sp³-hybridized carbons (Fsp3) is 0.654. The van der Waals surface area contributed by atoms with E-state index in [1.807, 2.05) is 18.2 Å². The summed E-state index contributed by atoms with van der Waals surface area (Å²) < 4.78 is 22.2. The molecule has 1 aromatic carbocycles. The summed E-state index contributed by atoms with van der Waals surface area (Å²) in [7, 11) is 1.62. The Hall–Kier alpha value is -2.75. The maximum Gasteiger partial charge on any atom is 0.311 e. The van der Waals surface area contributed by atoms with Gasteiger partial charge in [-0.25, -0.2) is 0 Å². The molecule has 7 heteroatoms. The van der Waals surface area contributed by atoms with Crippen molar-refractivity contribution in [1.82, 2.24) is 0 Å². The van der Waals surface area contributed by atoms with Crippen LogP contribution >= 0.6 is 0 Å². The first-order valence-corrected chi connectivity index (χ1v) is 12.0. The molecule has 0 heterocycles. The summed E-state index contributed by atoms with van der Waals surface area (Å²) >= 11 is 0. The molecule has 0 aliphatic heterocycles. The van der Waals surface area contributed by atoms with Crippen molar-refractivity contribution in [1.29, 1.82) is 5.26 Å². The summed E-state index contributed by atoms with van der Waals surface area (Å²) in [5.74, 6) is -0.0498. The summed E-state index contributed by atoms with van der Waals surface area (Å²) in [6.45, 7) is 5.00. The van der Waals surface area contributed by atoms with Crippen LogP contribution in [0.3, 0.4) is 0 Å². The number of hydrogen-bond donors (Lipinski definition) is 0. The van der Waals surface area contributed by atoms with Crippen molar-refractivity contribution in [2.45, 2.75) is 89.9 Å². The van der Waals surface area contributed by atoms with Gasteiger partial charge in [-0.3, -0.25) is 9.59 Å². The van der Waals surface area contributed by atoms with E-state index in [0.717, 1.165) is 18.4 Å². The highest BCUT2D eigenvalue weighted by molar-refractivity contribution is 5.74. The fourth-order valence-corrected chi connectivity index (χ4v) is 4.65. The highest BCUT2D eigenvalue weighted by atomic mass is 16.7. The zero-order valence-electron chi connectivity index (χ0n) is 20.1. The van der Waals surface area contributed by atoms with Gasteiger partial charge < -0.3 is 18.9 Å². The normalized spacial score (nSPS) is 24.1. The van der Waals surface area contributed by atoms with Crippen molar-refractivity contribution in [3.05, 3.63) is 23.8 Å². The van der Waals surface area contributed by atoms with Crippen LogP contribution in [0.25, 0.3) is 0 Å². The van der Waals surface area contributed by atoms with Crippen molar-refractivity contribution in [3.63, 3.8) is 0 Å². The number of nitrogens with zero attached hydrogens (tertiary/aromatic N) is 1. The average Bonchev–Trinajstić information content (AvgIpc) is 3.32. The standard InChI is InChI=1S/C26H35NO6/c1-17(2)24(28)31-18(3)32-25(29)19-11-13-26(16-27,14-12-19)20-9-10-22(30-4)23(15-20)33-21-7-5-6-8-21/h9-10,15,17-19,21H,5-8,11-14H2,1-4H3. The lowest BCUT2D eigenvalue weighted by Gasteiger charge is -2.35. The molecule has 33 heavy (non-hydrogen) atoms. The first kappa shape index (κ1) is 24.9. The van der Waals surface area contributed by atoms with Gasteiger partial charge in [0.25, 0.3) is 0 Å². The molecule has 0 amide bonds. The van der Waals surface area contributed by atoms with Crippen LogP contribution < -0.4 is 9.47 Å². The molecule has 0 saturated heterocycles. The smallest absolute Gasteiger partial charge is 0.311 e. The van der Waals surface area contributed by atoms with Crippen LogP contribution in [0.2, 0.25) is 0 Å². The number of carbonyl (C=O) groups is 2. The SMILES string of the molecule is COc1ccc(C2(C#N)CCC(C(=O)OC(C)OC(=O)C(C)C)CC2)cc1OC1CCCC1. The minimum atomic E-state index is -0.924. The second-order valence-electron chi connectivity index (χ2n) is 9.45. The molecule has 180 valence electrons. The van der Waals surface area contributed by atoms with E-state index in [0.29, 0.717) is 37.2 Å². The second kappa shape index (κ2) is 10.9. The van der Waals surface area contributed by atoms with E-state index in [9.17, 15) is 14.9 Å². The second-order valence-corrected chi connectivity index (χ2v) is 9.45. The molecule has 0 aromatic heterocycles. The van der Waals surface area contributed by atoms with E-state index in [1.165, 1.54) is 12.8 Å². The highest BCUT2D eigenvalue weighted by Gasteiger charge is 2.40. The van der Waals surface area contributed by atoms with Crippen LogP contribution in [-0.4, -0.2) is 31.4 Å². The molecule has 0 N–H and O–H groups in total. The summed E-state index contributed by atoms with van der Waals surface area (Å²) in [6.07, 6.45) is 5.80. The lowest BCUT2D eigenvalue weighted by molar-refractivity contribution is -0.190. The van der Waals surface area contributed by atoms with Crippen LogP contribution in [-0.2, 0) is 24.5 Å². The van der Waals surface area contributed by atoms with Crippen molar-refractivity contribution in [2.75, 3.05) is 7.11 Å². The third kappa shape index (κ3) is 5.98. The number of ether oxygens (including phenoxy) is 4. The third-order valence-electron chi connectivity index (χ3n) is 6.73. The molecule has 2 aliphatic rings. The monoisotopic (exact) mass is 457 g/mol. The number of rotatable bonds is 8. The molecule has 2 aliphatic carbocycles. The van der Waals surface area contributed by atoms with E-state index in [4.69, 9.17) is 18.9 Å². The lowest BCUT2D eigenvalue weighted by Crippen LogP contribution is -2.35. The summed E-state index contributed by atoms with van der Waals surface area (Å²) in [5.41, 5.74) is 0.205. The molecule has 7 nitrogen and oxygen atoms in total. The van der Waals surface area contributed by atoms with Crippen molar-refractivity contribution in [3.8, 4) is 17.6 Å². The Kier molecular flexibility index (Phi) is 8.23. The van der Waals surface area contributed by atoms with Gasteiger partial charge in [0.2, 0.25) is 6.29 Å². The maximum absolute atomic E-state index is 12.6. The predicted molar refractivity (Wildman–Crippen MR) is 122 cm³/mol. The minimum Gasteiger partial charge on any atom is -0.493 e. The van der Waals surface area contributed by atoms with Gasteiger partial charge in [-0.1, -0.05) is 19.9 Å². The topological polar surface area (TPSA) is 94.9 Å². The van der Waals surface area contributed by atoms with Crippen molar-refractivity contribution < 1.29 is 28.5 Å². The maximum atomic E-state index is 12.6. The summed E-state index contributed by atoms with van der Waals surface area (Å²) in [4.78, 5) is 24.3. The Bertz CT molecular complexity index is 875. The molecule has 1 aromatic rings. The van der Waals surface area contributed by atoms with Gasteiger partial charge in [0, 0.05) is 6.92 Å². The molecule has 2 saturated carbocycles. The molecular formula is C26H35NO6. The van der Waals surface area contributed by atoms with E-state index in [1.54, 1.807) is 27.9 Å². The van der Waals surface area contributed by atoms with Gasteiger partial charge in [0.05, 0.1) is 36.5 Å². The molecule has 0 spiro atoms. The Labute approximate surface area is 196 Å². The van der Waals surface area contributed by atoms with Crippen LogP contribution in [0.1, 0.15) is 77.7 Å². The van der Waals surface area contributed by atoms with Crippen molar-refractivity contribution in [2.24, 2.45) is 11.8 Å². The van der Waals surface area contributed by atoms with E-state index < -0.39 is 17.7 Å². The third-order valence-corrected chi connectivity index (χ3v) is 6.73. The number of nitriles is 1. The largest absolute Gasteiger partial charge is 0.493 e. The van der Waals surface area contributed by atoms with Crippen LogP contribution in [0.15, 0.2) is 18.2 Å². The zero-order chi connectivity index (χ0) is 24.0. The van der Waals surface area contributed by atoms with Crippen molar-refractivity contribution >= 4 is 11.9 Å². The fourth-order valence-electron chi connectivity index (χ4n) is 4.65. The molecule has 1 unspecified atom stereocenters. The Morgan fingerprint density at radius 2 is 1.70 bits per heavy atom. The van der Waals surface area contributed by atoms with Crippen LogP contribution in [0.5, 0.6) is 11.5 Å². The number of carbonyl (C=O) groups excluding carboxylic acids is 2. The summed E-state index contributed by atoms with van der Waals surface area (Å²) in [5, 5.41) is 10.1. The van der Waals surface area contributed by atoms with E-state index in [2.05, 4.69) is 6.07 Å². The average molecular weight is 458 g/mol. The molecule has 3 rings (SSSR count). The molecule has 1 atom stereocenters. The molecule has 2 fully saturated rings. The Balaban J connectivity index is 1.65. The van der Waals surface area contributed by atoms with Gasteiger partial charge in [0.15, 0.2) is 11.5 Å². The Morgan fingerprint density at radius 1 is 1.03 bits per heavy atom. The van der Waals surface area contributed by atoms with Gasteiger partial charge in [-0.15, -0.1) is 0 Å². The quantitative estimate of drug-likeness (QED) is 0.398. The van der Waals surface area contributed by atoms with E-state index >= 15 is 0 Å². The molecular weight excluding hydrogens is 422 g/mol. The lowest BCUT2D eigenvalue weighted by atomic mass is 9.67. The van der Waals surface area contributed by atoms with E-state index in [-0.39, 0.29) is 23.9 Å². The zero-order valence-corrected chi connectivity index (χ0v) is 20.1. The van der Waals surface area contributed by atoms with Crippen LogP contribution in [0, 0.1) is 23.2 Å². The number of hydrogen-bond acceptors (Lipinski definition) is 7. The molecule has 0 bridgehead atoms. The van der Waals surface area contributed by atoms with Gasteiger partial charge in [-0.05, 0) is 69.1 Å². The number of methoxy groups -OCH3 is 1. The number of esters is 2. The van der Waals surface area contributed by atoms with Gasteiger partial charge in [-0.2, -0.15) is 5.26 Å². The Morgan fingerprint density at radius 3 is 2.27 bits per heavy atom. The van der Waals surface area contributed by atoms with Crippen LogP contribution in [0.4, 0.5) is 0 Å².